The summed E-state index contributed by atoms with van der Waals surface area (Å²) in [5.74, 6) is 0.831. The van der Waals surface area contributed by atoms with Crippen LogP contribution in [0.15, 0.2) is 24.3 Å². The van der Waals surface area contributed by atoms with Gasteiger partial charge in [-0.2, -0.15) is 0 Å². The fraction of sp³-hybridized carbons (Fsp3) is 0.611. The van der Waals surface area contributed by atoms with E-state index in [4.69, 9.17) is 0 Å². The number of rotatable bonds is 3. The van der Waals surface area contributed by atoms with E-state index in [-0.39, 0.29) is 6.04 Å². The van der Waals surface area contributed by atoms with E-state index >= 15 is 0 Å². The van der Waals surface area contributed by atoms with Crippen molar-refractivity contribution in [2.75, 3.05) is 20.1 Å². The highest BCUT2D eigenvalue weighted by molar-refractivity contribution is 5.76. The molecule has 21 heavy (non-hydrogen) atoms. The molecule has 114 valence electrons. The molecule has 2 unspecified atom stereocenters. The molecule has 0 spiro atoms. The highest BCUT2D eigenvalue weighted by Crippen LogP contribution is 2.34. The summed E-state index contributed by atoms with van der Waals surface area (Å²) < 4.78 is 0. The van der Waals surface area contributed by atoms with Gasteiger partial charge in [-0.05, 0) is 62.2 Å². The SMILES string of the molecule is CN(C(=O)CC1CCCNC1)C1CCCc2ccccc21. The van der Waals surface area contributed by atoms with Gasteiger partial charge in [-0.15, -0.1) is 0 Å². The van der Waals surface area contributed by atoms with Gasteiger partial charge in [-0.25, -0.2) is 0 Å². The van der Waals surface area contributed by atoms with Crippen LogP contribution in [0, 0.1) is 5.92 Å². The molecule has 2 aliphatic rings. The molecule has 1 aromatic rings. The highest BCUT2D eigenvalue weighted by Gasteiger charge is 2.28. The second-order valence-corrected chi connectivity index (χ2v) is 6.53. The van der Waals surface area contributed by atoms with Crippen molar-refractivity contribution < 1.29 is 4.79 Å². The normalized spacial score (nSPS) is 25.2. The molecular formula is C18H26N2O. The molecule has 0 radical (unpaired) electrons. The summed E-state index contributed by atoms with van der Waals surface area (Å²) in [6, 6.07) is 8.90. The summed E-state index contributed by atoms with van der Waals surface area (Å²) in [6.07, 6.45) is 6.53. The lowest BCUT2D eigenvalue weighted by molar-refractivity contribution is -0.133. The van der Waals surface area contributed by atoms with Crippen molar-refractivity contribution in [3.63, 3.8) is 0 Å². The quantitative estimate of drug-likeness (QED) is 0.926. The number of carbonyl (C=O) groups excluding carboxylic acids is 1. The number of amides is 1. The van der Waals surface area contributed by atoms with E-state index in [1.54, 1.807) is 0 Å². The monoisotopic (exact) mass is 286 g/mol. The minimum atomic E-state index is 0.277. The molecule has 0 saturated carbocycles. The van der Waals surface area contributed by atoms with Gasteiger partial charge in [0.2, 0.25) is 5.91 Å². The summed E-state index contributed by atoms with van der Waals surface area (Å²) in [6.45, 7) is 2.11. The van der Waals surface area contributed by atoms with Crippen LogP contribution in [0.1, 0.15) is 49.3 Å². The zero-order valence-electron chi connectivity index (χ0n) is 13.0. The number of piperidine rings is 1. The lowest BCUT2D eigenvalue weighted by Crippen LogP contribution is -2.37. The molecule has 3 heteroatoms. The molecular weight excluding hydrogens is 260 g/mol. The molecule has 1 saturated heterocycles. The number of hydrogen-bond acceptors (Lipinski definition) is 2. The van der Waals surface area contributed by atoms with Crippen molar-refractivity contribution in [1.29, 1.82) is 0 Å². The fourth-order valence-electron chi connectivity index (χ4n) is 3.79. The highest BCUT2D eigenvalue weighted by atomic mass is 16.2. The van der Waals surface area contributed by atoms with E-state index in [1.807, 2.05) is 11.9 Å². The van der Waals surface area contributed by atoms with Gasteiger partial charge in [0.05, 0.1) is 6.04 Å². The second kappa shape index (κ2) is 6.61. The van der Waals surface area contributed by atoms with E-state index < -0.39 is 0 Å². The van der Waals surface area contributed by atoms with Gasteiger partial charge in [0, 0.05) is 13.5 Å². The van der Waals surface area contributed by atoms with Crippen molar-refractivity contribution in [2.24, 2.45) is 5.92 Å². The van der Waals surface area contributed by atoms with Crippen LogP contribution in [0.4, 0.5) is 0 Å². The number of nitrogens with zero attached hydrogens (tertiary/aromatic N) is 1. The van der Waals surface area contributed by atoms with Gasteiger partial charge in [-0.1, -0.05) is 24.3 Å². The minimum absolute atomic E-state index is 0.277. The fourth-order valence-corrected chi connectivity index (χ4v) is 3.79. The Kier molecular flexibility index (Phi) is 4.59. The van der Waals surface area contributed by atoms with E-state index in [0.29, 0.717) is 18.2 Å². The molecule has 1 N–H and O–H groups in total. The van der Waals surface area contributed by atoms with Crippen molar-refractivity contribution in [1.82, 2.24) is 10.2 Å². The third kappa shape index (κ3) is 3.29. The third-order valence-corrected chi connectivity index (χ3v) is 5.06. The van der Waals surface area contributed by atoms with E-state index in [0.717, 1.165) is 25.9 Å². The van der Waals surface area contributed by atoms with Gasteiger partial charge < -0.3 is 10.2 Å². The average molecular weight is 286 g/mol. The minimum Gasteiger partial charge on any atom is -0.339 e. The molecule has 2 atom stereocenters. The lowest BCUT2D eigenvalue weighted by atomic mass is 9.86. The molecule has 1 amide bonds. The van der Waals surface area contributed by atoms with Crippen LogP contribution >= 0.6 is 0 Å². The Hall–Kier alpha value is -1.35. The molecule has 3 nitrogen and oxygen atoms in total. The molecule has 1 aliphatic carbocycles. The van der Waals surface area contributed by atoms with Gasteiger partial charge >= 0.3 is 0 Å². The molecule has 1 aliphatic heterocycles. The number of aryl methyl sites for hydroxylation is 1. The van der Waals surface area contributed by atoms with E-state index in [9.17, 15) is 4.79 Å². The summed E-state index contributed by atoms with van der Waals surface area (Å²) >= 11 is 0. The van der Waals surface area contributed by atoms with Crippen molar-refractivity contribution in [3.05, 3.63) is 35.4 Å². The van der Waals surface area contributed by atoms with Crippen molar-refractivity contribution >= 4 is 5.91 Å². The van der Waals surface area contributed by atoms with Crippen molar-refractivity contribution in [3.8, 4) is 0 Å². The van der Waals surface area contributed by atoms with Gasteiger partial charge in [0.15, 0.2) is 0 Å². The summed E-state index contributed by atoms with van der Waals surface area (Å²) in [5.41, 5.74) is 2.79. The maximum absolute atomic E-state index is 12.6. The topological polar surface area (TPSA) is 32.3 Å². The Morgan fingerprint density at radius 3 is 2.95 bits per heavy atom. The first-order chi connectivity index (χ1) is 10.3. The predicted molar refractivity (Wildman–Crippen MR) is 85.1 cm³/mol. The van der Waals surface area contributed by atoms with Crippen LogP contribution in [0.25, 0.3) is 0 Å². The molecule has 3 rings (SSSR count). The Morgan fingerprint density at radius 1 is 1.29 bits per heavy atom. The standard InChI is InChI=1S/C18H26N2O/c1-20(18(21)12-14-6-5-11-19-13-14)17-10-4-8-15-7-2-3-9-16(15)17/h2-3,7,9,14,17,19H,4-6,8,10-13H2,1H3. The third-order valence-electron chi connectivity index (χ3n) is 5.06. The Morgan fingerprint density at radius 2 is 2.14 bits per heavy atom. The second-order valence-electron chi connectivity index (χ2n) is 6.53. The summed E-state index contributed by atoms with van der Waals surface area (Å²) in [5, 5.41) is 3.40. The zero-order valence-corrected chi connectivity index (χ0v) is 13.0. The van der Waals surface area contributed by atoms with Gasteiger partial charge in [0.1, 0.15) is 0 Å². The van der Waals surface area contributed by atoms with Crippen LogP contribution < -0.4 is 5.32 Å². The summed E-state index contributed by atoms with van der Waals surface area (Å²) in [4.78, 5) is 14.6. The lowest BCUT2D eigenvalue weighted by Gasteiger charge is -2.34. The maximum Gasteiger partial charge on any atom is 0.223 e. The number of carbonyl (C=O) groups is 1. The molecule has 1 aromatic carbocycles. The molecule has 0 bridgehead atoms. The number of fused-ring (bicyclic) bond motifs is 1. The summed E-state index contributed by atoms with van der Waals surface area (Å²) in [7, 11) is 1.99. The van der Waals surface area contributed by atoms with Crippen LogP contribution in [-0.4, -0.2) is 30.9 Å². The van der Waals surface area contributed by atoms with Gasteiger partial charge in [-0.3, -0.25) is 4.79 Å². The molecule has 0 aromatic heterocycles. The largest absolute Gasteiger partial charge is 0.339 e. The zero-order chi connectivity index (χ0) is 14.7. The molecule has 1 fully saturated rings. The van der Waals surface area contributed by atoms with Gasteiger partial charge in [0.25, 0.3) is 0 Å². The first-order valence-electron chi connectivity index (χ1n) is 8.30. The average Bonchev–Trinajstić information content (AvgIpc) is 2.54. The van der Waals surface area contributed by atoms with E-state index in [2.05, 4.69) is 29.6 Å². The number of hydrogen-bond donors (Lipinski definition) is 1. The Balaban J connectivity index is 1.67. The number of nitrogens with one attached hydrogen (secondary N) is 1. The first-order valence-corrected chi connectivity index (χ1v) is 8.30. The van der Waals surface area contributed by atoms with Crippen LogP contribution in [0.2, 0.25) is 0 Å². The Labute approximate surface area is 127 Å². The maximum atomic E-state index is 12.6. The molecule has 1 heterocycles. The smallest absolute Gasteiger partial charge is 0.223 e. The predicted octanol–water partition coefficient (Wildman–Crippen LogP) is 2.91. The van der Waals surface area contributed by atoms with Crippen molar-refractivity contribution in [2.45, 2.75) is 44.6 Å². The number of benzene rings is 1. The van der Waals surface area contributed by atoms with Crippen LogP contribution in [0.5, 0.6) is 0 Å². The Bertz CT molecular complexity index is 494. The van der Waals surface area contributed by atoms with Crippen LogP contribution in [-0.2, 0) is 11.2 Å². The van der Waals surface area contributed by atoms with E-state index in [1.165, 1.54) is 30.4 Å². The van der Waals surface area contributed by atoms with Crippen LogP contribution in [0.3, 0.4) is 0 Å². The first kappa shape index (κ1) is 14.6.